The van der Waals surface area contributed by atoms with Crippen molar-refractivity contribution in [2.45, 2.75) is 57.0 Å². The van der Waals surface area contributed by atoms with Crippen molar-refractivity contribution in [1.29, 1.82) is 0 Å². The summed E-state index contributed by atoms with van der Waals surface area (Å²) in [6.45, 7) is 3.22. The van der Waals surface area contributed by atoms with E-state index in [1.54, 1.807) is 31.2 Å². The van der Waals surface area contributed by atoms with E-state index in [4.69, 9.17) is 4.74 Å². The highest BCUT2D eigenvalue weighted by Gasteiger charge is 2.33. The number of urea groups is 1. The van der Waals surface area contributed by atoms with Crippen LogP contribution in [0.2, 0.25) is 0 Å². The van der Waals surface area contributed by atoms with Gasteiger partial charge in [-0.05, 0) is 66.6 Å². The Morgan fingerprint density at radius 3 is 2.38 bits per heavy atom. The van der Waals surface area contributed by atoms with Gasteiger partial charge in [-0.3, -0.25) is 9.59 Å². The van der Waals surface area contributed by atoms with Crippen LogP contribution in [0.4, 0.5) is 4.79 Å². The number of amides is 4. The van der Waals surface area contributed by atoms with E-state index in [0.29, 0.717) is 37.7 Å². The summed E-state index contributed by atoms with van der Waals surface area (Å²) in [4.78, 5) is 43.3. The van der Waals surface area contributed by atoms with Crippen molar-refractivity contribution in [3.63, 3.8) is 0 Å². The van der Waals surface area contributed by atoms with Crippen molar-refractivity contribution in [3.05, 3.63) is 53.1 Å². The first-order valence-corrected chi connectivity index (χ1v) is 19.5. The number of hydrogen-bond donors (Lipinski definition) is 2. The molecule has 0 radical (unpaired) electrons. The average Bonchev–Trinajstić information content (AvgIpc) is 3.31. The van der Waals surface area contributed by atoms with Gasteiger partial charge in [-0.25, -0.2) is 12.6 Å². The monoisotopic (exact) mass is 819 g/mol. The zero-order valence-corrected chi connectivity index (χ0v) is 32.0. The van der Waals surface area contributed by atoms with E-state index in [1.165, 1.54) is 31.0 Å². The standard InChI is InChI=1S/C35H46IN7O6S/c1-39(2)50(47,48)38-34(45)24-10-12-29-30(20-24)43-21-26(37-35(46)40(3)22-31(44)41-14-16-42(36)17-15-41)18-25-19-27(49-4)11-13-28(25)33(43)32(29)23-8-6-5-7-9-23/h10-13,19-20,23,26H,5-9,14-18,21-22H2,1-4H3,(H,37,46)(H,38,45). The molecule has 50 heavy (non-hydrogen) atoms. The summed E-state index contributed by atoms with van der Waals surface area (Å²) >= 11 is 2.26. The maximum absolute atomic E-state index is 13.7. The van der Waals surface area contributed by atoms with Gasteiger partial charge in [0.15, 0.2) is 0 Å². The number of methoxy groups -OCH3 is 1. The Bertz CT molecular complexity index is 1880. The molecule has 1 atom stereocenters. The molecule has 4 amide bonds. The number of aromatic nitrogens is 1. The predicted octanol–water partition coefficient (Wildman–Crippen LogP) is 3.96. The second kappa shape index (κ2) is 15.1. The fraction of sp³-hybridized carbons (Fsp3) is 0.514. The lowest BCUT2D eigenvalue weighted by Crippen LogP contribution is -2.51. The maximum Gasteiger partial charge on any atom is 0.317 e. The molecular weight excluding hydrogens is 773 g/mol. The fourth-order valence-electron chi connectivity index (χ4n) is 7.40. The highest BCUT2D eigenvalue weighted by atomic mass is 127. The highest BCUT2D eigenvalue weighted by molar-refractivity contribution is 14.1. The number of ether oxygens (including phenoxy) is 1. The van der Waals surface area contributed by atoms with E-state index < -0.39 is 16.1 Å². The molecule has 1 aromatic heterocycles. The first-order valence-electron chi connectivity index (χ1n) is 17.1. The SMILES string of the molecule is COc1ccc2c(c1)CC(NC(=O)N(C)CC(=O)N1CCN(I)CC1)Cn1c-2c(C2CCCCC2)c2ccc(C(=O)NS(=O)(=O)N(C)C)cc21. The number of nitrogens with one attached hydrogen (secondary N) is 2. The van der Waals surface area contributed by atoms with E-state index in [0.717, 1.165) is 70.8 Å². The average molecular weight is 820 g/mol. The molecule has 0 spiro atoms. The summed E-state index contributed by atoms with van der Waals surface area (Å²) in [7, 11) is 2.01. The molecule has 1 saturated heterocycles. The Balaban J connectivity index is 1.39. The molecule has 2 aromatic carbocycles. The Morgan fingerprint density at radius 2 is 1.70 bits per heavy atom. The van der Waals surface area contributed by atoms with Gasteiger partial charge in [0.2, 0.25) is 5.91 Å². The summed E-state index contributed by atoms with van der Waals surface area (Å²) in [5.41, 5.74) is 5.37. The quantitative estimate of drug-likeness (QED) is 0.260. The molecular formula is C35H46IN7O6S. The van der Waals surface area contributed by atoms with Crippen molar-refractivity contribution < 1.29 is 27.5 Å². The summed E-state index contributed by atoms with van der Waals surface area (Å²) < 4.78 is 38.2. The number of carbonyl (C=O) groups is 3. The lowest BCUT2D eigenvalue weighted by molar-refractivity contribution is -0.132. The molecule has 1 aliphatic carbocycles. The van der Waals surface area contributed by atoms with E-state index in [-0.39, 0.29) is 30.1 Å². The van der Waals surface area contributed by atoms with Crippen molar-refractivity contribution in [2.24, 2.45) is 0 Å². The molecule has 1 saturated carbocycles. The van der Waals surface area contributed by atoms with Crippen LogP contribution in [0.5, 0.6) is 5.75 Å². The minimum Gasteiger partial charge on any atom is -0.497 e. The lowest BCUT2D eigenvalue weighted by atomic mass is 9.81. The Morgan fingerprint density at radius 1 is 0.980 bits per heavy atom. The number of carbonyl (C=O) groups excluding carboxylic acids is 3. The Hall–Kier alpha value is -3.41. The zero-order valence-electron chi connectivity index (χ0n) is 29.1. The number of piperazine rings is 1. The number of benzene rings is 2. The highest BCUT2D eigenvalue weighted by Crippen LogP contribution is 2.46. The molecule has 2 aliphatic heterocycles. The lowest BCUT2D eigenvalue weighted by Gasteiger charge is -2.32. The van der Waals surface area contributed by atoms with Gasteiger partial charge >= 0.3 is 16.2 Å². The van der Waals surface area contributed by atoms with Gasteiger partial charge in [0.05, 0.1) is 18.8 Å². The molecule has 13 nitrogen and oxygen atoms in total. The zero-order chi connectivity index (χ0) is 35.7. The van der Waals surface area contributed by atoms with Crippen molar-refractivity contribution in [1.82, 2.24) is 31.8 Å². The normalized spacial score (nSPS) is 18.7. The minimum absolute atomic E-state index is 0.0257. The van der Waals surface area contributed by atoms with Crippen LogP contribution >= 0.6 is 22.9 Å². The molecule has 0 bridgehead atoms. The number of likely N-dealkylation sites (N-methyl/N-ethyl adjacent to an activating group) is 1. The smallest absolute Gasteiger partial charge is 0.317 e. The van der Waals surface area contributed by atoms with Crippen LogP contribution in [0.15, 0.2) is 36.4 Å². The van der Waals surface area contributed by atoms with Gasteiger partial charge in [-0.15, -0.1) is 0 Å². The minimum atomic E-state index is -4.00. The van der Waals surface area contributed by atoms with Gasteiger partial charge in [0, 0.05) is 98.8 Å². The van der Waals surface area contributed by atoms with Crippen LogP contribution in [0.1, 0.15) is 59.5 Å². The van der Waals surface area contributed by atoms with Crippen LogP contribution in [0.3, 0.4) is 0 Å². The van der Waals surface area contributed by atoms with Gasteiger partial charge in [-0.1, -0.05) is 25.3 Å². The second-order valence-electron chi connectivity index (χ2n) is 13.7. The Labute approximate surface area is 307 Å². The number of hydrogen-bond acceptors (Lipinski definition) is 7. The van der Waals surface area contributed by atoms with Crippen molar-refractivity contribution >= 4 is 61.8 Å². The maximum atomic E-state index is 13.7. The molecule has 3 aliphatic rings. The molecule has 3 heterocycles. The third-order valence-corrected chi connectivity index (χ3v) is 12.5. The largest absolute Gasteiger partial charge is 0.497 e. The third-order valence-electron chi connectivity index (χ3n) is 10.1. The number of rotatable bonds is 8. The van der Waals surface area contributed by atoms with Crippen LogP contribution in [0, 0.1) is 0 Å². The van der Waals surface area contributed by atoms with Gasteiger partial charge in [0.25, 0.3) is 5.91 Å². The van der Waals surface area contributed by atoms with Crippen molar-refractivity contribution in [2.75, 3.05) is 61.0 Å². The van der Waals surface area contributed by atoms with E-state index in [9.17, 15) is 22.8 Å². The summed E-state index contributed by atoms with van der Waals surface area (Å²) in [6, 6.07) is 10.7. The molecule has 15 heteroatoms. The number of halogens is 1. The van der Waals surface area contributed by atoms with Gasteiger partial charge in [0.1, 0.15) is 12.3 Å². The topological polar surface area (TPSA) is 137 Å². The first-order chi connectivity index (χ1) is 23.9. The number of nitrogens with zero attached hydrogens (tertiary/aromatic N) is 5. The fourth-order valence-corrected chi connectivity index (χ4v) is 8.37. The van der Waals surface area contributed by atoms with E-state index in [2.05, 4.69) is 46.7 Å². The van der Waals surface area contributed by atoms with Crippen LogP contribution in [0.25, 0.3) is 22.2 Å². The Kier molecular flexibility index (Phi) is 11.0. The predicted molar refractivity (Wildman–Crippen MR) is 201 cm³/mol. The van der Waals surface area contributed by atoms with E-state index in [1.807, 2.05) is 18.2 Å². The van der Waals surface area contributed by atoms with Crippen LogP contribution in [-0.4, -0.2) is 115 Å². The van der Waals surface area contributed by atoms with E-state index >= 15 is 0 Å². The molecule has 6 rings (SSSR count). The first kappa shape index (κ1) is 36.4. The van der Waals surface area contributed by atoms with Gasteiger partial charge in [-0.2, -0.15) is 12.7 Å². The van der Waals surface area contributed by atoms with Crippen LogP contribution < -0.4 is 14.8 Å². The molecule has 2 N–H and O–H groups in total. The molecule has 3 aromatic rings. The third kappa shape index (κ3) is 7.60. The molecule has 270 valence electrons. The van der Waals surface area contributed by atoms with Crippen molar-refractivity contribution in [3.8, 4) is 17.0 Å². The molecule has 2 fully saturated rings. The van der Waals surface area contributed by atoms with Gasteiger partial charge < -0.3 is 24.4 Å². The second-order valence-corrected chi connectivity index (χ2v) is 16.9. The number of fused-ring (bicyclic) bond motifs is 5. The van der Waals surface area contributed by atoms with Crippen LogP contribution in [-0.2, 0) is 28.0 Å². The summed E-state index contributed by atoms with van der Waals surface area (Å²) in [5, 5.41) is 4.22. The molecule has 1 unspecified atom stereocenters. The summed E-state index contributed by atoms with van der Waals surface area (Å²) in [6.07, 6.45) is 6.08. The summed E-state index contributed by atoms with van der Waals surface area (Å²) in [5.74, 6) is 0.225.